The average Bonchev–Trinajstić information content (AvgIpc) is 3.05. The van der Waals surface area contributed by atoms with Gasteiger partial charge in [0.1, 0.15) is 22.4 Å². The van der Waals surface area contributed by atoms with E-state index in [2.05, 4.69) is 9.36 Å². The maximum Gasteiger partial charge on any atom is 0.316 e. The molecule has 144 valence electrons. The molecule has 3 heterocycles. The molecule has 2 N–H and O–H groups in total. The van der Waals surface area contributed by atoms with Crippen molar-refractivity contribution in [2.45, 2.75) is 47.3 Å². The van der Waals surface area contributed by atoms with Crippen LogP contribution in [0.15, 0.2) is 9.50 Å². The molecule has 0 radical (unpaired) electrons. The van der Waals surface area contributed by atoms with Crippen molar-refractivity contribution in [2.24, 2.45) is 11.1 Å². The third-order valence-corrected chi connectivity index (χ3v) is 8.46. The summed E-state index contributed by atoms with van der Waals surface area (Å²) in [4.78, 5) is 31.3. The van der Waals surface area contributed by atoms with Crippen LogP contribution in [0.25, 0.3) is 0 Å². The van der Waals surface area contributed by atoms with Crippen LogP contribution in [0, 0.1) is 5.41 Å². The third kappa shape index (κ3) is 4.01. The molecule has 0 spiro atoms. The number of ether oxygens (including phenoxy) is 1. The Morgan fingerprint density at radius 2 is 2.23 bits per heavy atom. The lowest BCUT2D eigenvalue weighted by molar-refractivity contribution is -0.169. The summed E-state index contributed by atoms with van der Waals surface area (Å²) in [5.74, 6) is 0.696. The van der Waals surface area contributed by atoms with Crippen molar-refractivity contribution in [1.29, 1.82) is 0 Å². The number of rotatable bonds is 5. The van der Waals surface area contributed by atoms with Gasteiger partial charge in [0.25, 0.3) is 0 Å². The van der Waals surface area contributed by atoms with E-state index in [-0.39, 0.29) is 17.3 Å². The molecule has 26 heavy (non-hydrogen) atoms. The van der Waals surface area contributed by atoms with E-state index in [0.717, 1.165) is 9.50 Å². The number of nitrogens with zero attached hydrogens (tertiary/aromatic N) is 3. The van der Waals surface area contributed by atoms with Crippen molar-refractivity contribution in [2.75, 3.05) is 24.3 Å². The van der Waals surface area contributed by atoms with Crippen LogP contribution >= 0.6 is 46.8 Å². The van der Waals surface area contributed by atoms with Gasteiger partial charge in [-0.25, -0.2) is 4.98 Å². The summed E-state index contributed by atoms with van der Waals surface area (Å²) in [7, 11) is 0. The molecular weight excluding hydrogens is 412 g/mol. The summed E-state index contributed by atoms with van der Waals surface area (Å²) >= 11 is 5.87. The lowest BCUT2D eigenvalue weighted by atomic mass is 9.89. The number of fused-ring (bicyclic) bond motifs is 1. The number of hydrogen-bond donors (Lipinski definition) is 1. The van der Waals surface area contributed by atoms with E-state index in [9.17, 15) is 9.59 Å². The Bertz CT molecular complexity index is 707. The second kappa shape index (κ2) is 7.50. The van der Waals surface area contributed by atoms with Crippen molar-refractivity contribution >= 4 is 58.7 Å². The van der Waals surface area contributed by atoms with E-state index in [1.165, 1.54) is 35.1 Å². The molecule has 1 aromatic rings. The minimum atomic E-state index is -0.778. The number of amides is 1. The van der Waals surface area contributed by atoms with Crippen LogP contribution in [0.3, 0.4) is 0 Å². The van der Waals surface area contributed by atoms with Crippen molar-refractivity contribution in [3.8, 4) is 0 Å². The summed E-state index contributed by atoms with van der Waals surface area (Å²) < 4.78 is 10.8. The number of carbonyl (C=O) groups is 2. The van der Waals surface area contributed by atoms with Gasteiger partial charge in [-0.2, -0.15) is 4.37 Å². The SMILES string of the molecule is CSc1nsc(SCC2(C(=O)OC(C)(C)C)CS[C@@H]3C(N)C(=O)N3C2)n1. The second-order valence-corrected chi connectivity index (χ2v) is 11.2. The monoisotopic (exact) mass is 434 g/mol. The van der Waals surface area contributed by atoms with Crippen LogP contribution in [-0.4, -0.2) is 67.5 Å². The minimum Gasteiger partial charge on any atom is -0.459 e. The van der Waals surface area contributed by atoms with E-state index >= 15 is 0 Å². The molecule has 0 aliphatic carbocycles. The van der Waals surface area contributed by atoms with E-state index in [4.69, 9.17) is 10.5 Å². The van der Waals surface area contributed by atoms with Gasteiger partial charge in [0.05, 0.1) is 0 Å². The Kier molecular flexibility index (Phi) is 5.84. The number of nitrogens with two attached hydrogens (primary N) is 1. The highest BCUT2D eigenvalue weighted by atomic mass is 32.2. The van der Waals surface area contributed by atoms with Gasteiger partial charge in [-0.05, 0) is 38.6 Å². The van der Waals surface area contributed by atoms with Gasteiger partial charge < -0.3 is 15.4 Å². The average molecular weight is 435 g/mol. The largest absolute Gasteiger partial charge is 0.459 e. The Balaban J connectivity index is 1.77. The first-order valence-electron chi connectivity index (χ1n) is 8.07. The molecule has 1 amide bonds. The number of carbonyl (C=O) groups excluding carboxylic acids is 2. The molecule has 2 aliphatic heterocycles. The second-order valence-electron chi connectivity index (χ2n) is 7.31. The Labute approximate surface area is 169 Å². The topological polar surface area (TPSA) is 98.4 Å². The van der Waals surface area contributed by atoms with Crippen LogP contribution in [0.1, 0.15) is 20.8 Å². The summed E-state index contributed by atoms with van der Waals surface area (Å²) in [5, 5.41) is 0.693. The lowest BCUT2D eigenvalue weighted by Gasteiger charge is -2.53. The van der Waals surface area contributed by atoms with Crippen LogP contribution in [0.5, 0.6) is 0 Å². The zero-order valence-corrected chi connectivity index (χ0v) is 18.3. The van der Waals surface area contributed by atoms with Crippen LogP contribution in [0.2, 0.25) is 0 Å². The first-order valence-corrected chi connectivity index (χ1v) is 12.1. The van der Waals surface area contributed by atoms with Crippen molar-refractivity contribution in [3.05, 3.63) is 0 Å². The number of β-lactam (4-membered cyclic amide) rings is 1. The minimum absolute atomic E-state index is 0.0346. The van der Waals surface area contributed by atoms with E-state index in [1.807, 2.05) is 27.0 Å². The lowest BCUT2D eigenvalue weighted by Crippen LogP contribution is -2.72. The molecule has 0 bridgehead atoms. The highest BCUT2D eigenvalue weighted by Gasteiger charge is 2.56. The van der Waals surface area contributed by atoms with E-state index in [1.54, 1.807) is 16.7 Å². The Morgan fingerprint density at radius 3 is 2.85 bits per heavy atom. The number of thioether (sulfide) groups is 3. The third-order valence-electron chi connectivity index (χ3n) is 4.06. The zero-order valence-electron chi connectivity index (χ0n) is 15.1. The zero-order chi connectivity index (χ0) is 19.1. The van der Waals surface area contributed by atoms with Crippen LogP contribution in [0.4, 0.5) is 0 Å². The van der Waals surface area contributed by atoms with Gasteiger partial charge in [0.2, 0.25) is 11.1 Å². The molecule has 3 atom stereocenters. The van der Waals surface area contributed by atoms with Gasteiger partial charge in [-0.15, -0.1) is 11.8 Å². The van der Waals surface area contributed by atoms with Crippen molar-refractivity contribution < 1.29 is 14.3 Å². The quantitative estimate of drug-likeness (QED) is 0.423. The predicted molar refractivity (Wildman–Crippen MR) is 107 cm³/mol. The summed E-state index contributed by atoms with van der Waals surface area (Å²) in [6, 6.07) is -0.461. The Hall–Kier alpha value is -0.490. The van der Waals surface area contributed by atoms with Crippen LogP contribution in [-0.2, 0) is 14.3 Å². The fourth-order valence-electron chi connectivity index (χ4n) is 2.72. The molecule has 3 rings (SSSR count). The van der Waals surface area contributed by atoms with Gasteiger partial charge in [0.15, 0.2) is 4.34 Å². The summed E-state index contributed by atoms with van der Waals surface area (Å²) in [6.07, 6.45) is 1.93. The van der Waals surface area contributed by atoms with E-state index in [0.29, 0.717) is 18.1 Å². The smallest absolute Gasteiger partial charge is 0.316 e. The van der Waals surface area contributed by atoms with Gasteiger partial charge in [0, 0.05) is 18.1 Å². The summed E-state index contributed by atoms with van der Waals surface area (Å²) in [5.41, 5.74) is 4.51. The first-order chi connectivity index (χ1) is 12.1. The molecule has 0 saturated carbocycles. The molecule has 2 aliphatic rings. The molecule has 7 nitrogen and oxygen atoms in total. The maximum atomic E-state index is 13.0. The normalized spacial score (nSPS) is 28.5. The molecule has 0 aromatic carbocycles. The molecule has 11 heteroatoms. The molecule has 2 saturated heterocycles. The fourth-order valence-corrected chi connectivity index (χ4v) is 6.73. The van der Waals surface area contributed by atoms with Crippen LogP contribution < -0.4 is 5.73 Å². The van der Waals surface area contributed by atoms with Crippen molar-refractivity contribution in [3.63, 3.8) is 0 Å². The number of esters is 1. The highest BCUT2D eigenvalue weighted by Crippen LogP contribution is 2.45. The molecule has 1 aromatic heterocycles. The van der Waals surface area contributed by atoms with Gasteiger partial charge in [-0.1, -0.05) is 23.5 Å². The number of aromatic nitrogens is 2. The van der Waals surface area contributed by atoms with Gasteiger partial charge in [-0.3, -0.25) is 9.59 Å². The van der Waals surface area contributed by atoms with Crippen molar-refractivity contribution in [1.82, 2.24) is 14.3 Å². The molecule has 2 fully saturated rings. The standard InChI is InChI=1S/C15H22N4O3S4/c1-14(2,3)22-11(21)15(7-25-13-17-12(23-4)18-26-13)5-19-9(20)8(16)10(19)24-6-15/h8,10H,5-7,16H2,1-4H3/t8?,10-,15?/m1/s1. The summed E-state index contributed by atoms with van der Waals surface area (Å²) in [6.45, 7) is 5.90. The predicted octanol–water partition coefficient (Wildman–Crippen LogP) is 1.92. The molecular formula is C15H22N4O3S4. The first kappa shape index (κ1) is 20.2. The Morgan fingerprint density at radius 1 is 1.50 bits per heavy atom. The number of hydrogen-bond acceptors (Lipinski definition) is 10. The van der Waals surface area contributed by atoms with Gasteiger partial charge >= 0.3 is 5.97 Å². The van der Waals surface area contributed by atoms with E-state index < -0.39 is 17.1 Å². The molecule has 2 unspecified atom stereocenters. The fraction of sp³-hybridized carbons (Fsp3) is 0.733. The highest BCUT2D eigenvalue weighted by molar-refractivity contribution is 8.01. The maximum absolute atomic E-state index is 13.0.